The number of aliphatic hydroxyl groups excluding tert-OH is 1. The maximum absolute atomic E-state index is 13.9. The number of esters is 1. The second-order valence-corrected chi connectivity index (χ2v) is 17.6. The Bertz CT molecular complexity index is 1970. The van der Waals surface area contributed by atoms with Crippen LogP contribution in [0.1, 0.15) is 103 Å². The van der Waals surface area contributed by atoms with E-state index in [0.717, 1.165) is 6.26 Å². The number of carbonyl (C=O) groups is 6. The van der Waals surface area contributed by atoms with Crippen molar-refractivity contribution in [3.8, 4) is 11.6 Å². The van der Waals surface area contributed by atoms with Crippen molar-refractivity contribution in [3.05, 3.63) is 42.5 Å². The van der Waals surface area contributed by atoms with E-state index in [-0.39, 0.29) is 78.8 Å². The van der Waals surface area contributed by atoms with Crippen LogP contribution in [0.5, 0.6) is 0 Å². The second kappa shape index (κ2) is 27.5. The highest BCUT2D eigenvalue weighted by molar-refractivity contribution is 6.05. The molecule has 2 aromatic rings. The van der Waals surface area contributed by atoms with Gasteiger partial charge in [0.1, 0.15) is 36.6 Å². The van der Waals surface area contributed by atoms with E-state index in [1.165, 1.54) is 25.4 Å². The number of nitrogens with one attached hydrogen (secondary N) is 1. The molecule has 4 N–H and O–H groups in total. The van der Waals surface area contributed by atoms with Crippen LogP contribution in [0, 0.1) is 35.5 Å². The van der Waals surface area contributed by atoms with Crippen LogP contribution in [0.3, 0.4) is 0 Å². The number of aromatic nitrogens is 2. The maximum Gasteiger partial charge on any atom is 0.404 e. The number of Topliss-reactive ketones (excluding diaryl/α,β-unsaturated/α-hetero) is 1. The standard InChI is InChI=1S/C47H71N5O15/c1-26-19-32(66-47(48)59)21-41(56)67-39(22-38(61-9)27(2)15-16-35(54)29(4)42(62-10)28(3)17-18-52(7)25-53)31(6)37(60-8)13-12-14-40-49-34(24-64-40)46-50-33(23-65-46)44(57)51-45(58)43(63-11)30(5)36(55)20-26/h12,14,17-18,23-32,36-39,42-43,55H,13,15-16,19-22H2,1-11H3,(H2,48,59)(H,51,57,58). The number of methoxy groups -OCH3 is 4. The number of oxazole rings is 2. The number of nitrogens with zero attached hydrogens (tertiary/aromatic N) is 3. The fraction of sp³-hybridized carbons (Fsp3) is 0.660. The first kappa shape index (κ1) is 56.0. The quantitative estimate of drug-likeness (QED) is 0.105. The van der Waals surface area contributed by atoms with Gasteiger partial charge in [-0.1, -0.05) is 53.7 Å². The van der Waals surface area contributed by atoms with E-state index in [9.17, 15) is 33.9 Å². The maximum atomic E-state index is 13.9. The molecule has 20 heteroatoms. The summed E-state index contributed by atoms with van der Waals surface area (Å²) in [6, 6.07) is 0. The Morgan fingerprint density at radius 2 is 1.69 bits per heavy atom. The van der Waals surface area contributed by atoms with Crippen molar-refractivity contribution in [1.29, 1.82) is 0 Å². The van der Waals surface area contributed by atoms with Crippen molar-refractivity contribution in [2.24, 2.45) is 41.2 Å². The first-order chi connectivity index (χ1) is 31.8. The Morgan fingerprint density at radius 3 is 2.31 bits per heavy atom. The van der Waals surface area contributed by atoms with Gasteiger partial charge in [0.25, 0.3) is 11.8 Å². The van der Waals surface area contributed by atoms with E-state index in [4.69, 9.17) is 43.0 Å². The Kier molecular flexibility index (Phi) is 23.0. The van der Waals surface area contributed by atoms with Crippen molar-refractivity contribution in [2.45, 2.75) is 129 Å². The fourth-order valence-electron chi connectivity index (χ4n) is 8.36. The molecular formula is C47H71N5O15. The molecule has 0 aromatic carbocycles. The van der Waals surface area contributed by atoms with Crippen molar-refractivity contribution in [2.75, 3.05) is 35.5 Å². The summed E-state index contributed by atoms with van der Waals surface area (Å²) in [5, 5.41) is 13.5. The molecule has 0 aliphatic carbocycles. The van der Waals surface area contributed by atoms with E-state index in [0.29, 0.717) is 19.3 Å². The van der Waals surface area contributed by atoms with Crippen molar-refractivity contribution in [1.82, 2.24) is 20.2 Å². The van der Waals surface area contributed by atoms with E-state index in [1.807, 2.05) is 33.8 Å². The summed E-state index contributed by atoms with van der Waals surface area (Å²) < 4.78 is 45.8. The number of cyclic esters (lactones) is 1. The van der Waals surface area contributed by atoms with Gasteiger partial charge >= 0.3 is 12.1 Å². The van der Waals surface area contributed by atoms with Gasteiger partial charge in [0, 0.05) is 78.2 Å². The third-order valence-corrected chi connectivity index (χ3v) is 12.5. The SMILES string of the molecule is COC(CC1OC(=O)CC(OC(N)=O)CC(C)CC(O)C(C)C(OC)C(=O)NC(=O)c2coc(n2)-c2coc(n2)C=CCC(OC)C1C)C(C)CCC(=O)C(C)C(OC)C(C)C=CN(C)C=O. The third kappa shape index (κ3) is 17.1. The molecule has 0 saturated heterocycles. The van der Waals surface area contributed by atoms with Crippen LogP contribution in [0.2, 0.25) is 0 Å². The summed E-state index contributed by atoms with van der Waals surface area (Å²) in [5.74, 6) is -4.69. The molecule has 374 valence electrons. The smallest absolute Gasteiger partial charge is 0.404 e. The number of imide groups is 1. The Morgan fingerprint density at radius 1 is 0.985 bits per heavy atom. The predicted octanol–water partition coefficient (Wildman–Crippen LogP) is 5.13. The number of fused-ring (bicyclic) bond motifs is 5. The van der Waals surface area contributed by atoms with Gasteiger partial charge in [-0.25, -0.2) is 14.8 Å². The van der Waals surface area contributed by atoms with Gasteiger partial charge < -0.3 is 53.0 Å². The van der Waals surface area contributed by atoms with Crippen LogP contribution in [0.15, 0.2) is 39.7 Å². The molecule has 0 saturated carbocycles. The first-order valence-electron chi connectivity index (χ1n) is 22.5. The van der Waals surface area contributed by atoms with E-state index in [2.05, 4.69) is 15.3 Å². The number of carbonyl (C=O) groups excluding carboxylic acids is 6. The molecule has 20 nitrogen and oxygen atoms in total. The summed E-state index contributed by atoms with van der Waals surface area (Å²) >= 11 is 0. The summed E-state index contributed by atoms with van der Waals surface area (Å²) in [7, 11) is 7.53. The molecule has 13 unspecified atom stereocenters. The number of amides is 4. The molecule has 1 aliphatic heterocycles. The molecule has 1 aliphatic rings. The van der Waals surface area contributed by atoms with Gasteiger partial charge in [-0.05, 0) is 43.6 Å². The highest BCUT2D eigenvalue weighted by atomic mass is 16.6. The van der Waals surface area contributed by atoms with Gasteiger partial charge in [0.05, 0.1) is 30.8 Å². The Hall–Kier alpha value is -5.28. The zero-order valence-corrected chi connectivity index (χ0v) is 40.6. The molecule has 4 bridgehead atoms. The first-order valence-corrected chi connectivity index (χ1v) is 22.5. The predicted molar refractivity (Wildman–Crippen MR) is 242 cm³/mol. The summed E-state index contributed by atoms with van der Waals surface area (Å²) in [6.45, 7) is 10.9. The molecule has 3 rings (SSSR count). The van der Waals surface area contributed by atoms with E-state index in [1.54, 1.807) is 53.5 Å². The minimum Gasteiger partial charge on any atom is -0.462 e. The minimum absolute atomic E-state index is 0.00186. The number of aliphatic hydroxyl groups is 1. The number of nitrogens with two attached hydrogens (primary N) is 1. The Balaban J connectivity index is 1.93. The number of primary amides is 1. The normalized spacial score (nSPS) is 26.2. The molecule has 0 spiro atoms. The molecule has 4 amide bonds. The average Bonchev–Trinajstić information content (AvgIpc) is 3.98. The van der Waals surface area contributed by atoms with Crippen molar-refractivity contribution in [3.63, 3.8) is 0 Å². The topological polar surface area (TPSA) is 271 Å². The lowest BCUT2D eigenvalue weighted by Gasteiger charge is -2.34. The summed E-state index contributed by atoms with van der Waals surface area (Å²) in [6.07, 6.45) is 4.10. The monoisotopic (exact) mass is 945 g/mol. The summed E-state index contributed by atoms with van der Waals surface area (Å²) in [5.41, 5.74) is 5.42. The number of hydrogen-bond acceptors (Lipinski definition) is 17. The molecular weight excluding hydrogens is 875 g/mol. The minimum atomic E-state index is -1.26. The molecule has 0 radical (unpaired) electrons. The Labute approximate surface area is 392 Å². The third-order valence-electron chi connectivity index (χ3n) is 12.5. The van der Waals surface area contributed by atoms with Gasteiger partial charge in [-0.2, -0.15) is 0 Å². The largest absolute Gasteiger partial charge is 0.462 e. The lowest BCUT2D eigenvalue weighted by atomic mass is 9.84. The van der Waals surface area contributed by atoms with Crippen LogP contribution < -0.4 is 11.1 Å². The fourth-order valence-corrected chi connectivity index (χ4v) is 8.36. The van der Waals surface area contributed by atoms with Crippen molar-refractivity contribution < 1.29 is 71.1 Å². The van der Waals surface area contributed by atoms with Gasteiger partial charge in [0.15, 0.2) is 11.4 Å². The number of rotatable bonds is 17. The zero-order chi connectivity index (χ0) is 50.0. The molecule has 2 aromatic heterocycles. The lowest BCUT2D eigenvalue weighted by molar-refractivity contribution is -0.160. The highest BCUT2D eigenvalue weighted by Crippen LogP contribution is 2.30. The van der Waals surface area contributed by atoms with Gasteiger partial charge in [-0.3, -0.25) is 29.3 Å². The molecule has 67 heavy (non-hydrogen) atoms. The molecule has 3 heterocycles. The second-order valence-electron chi connectivity index (χ2n) is 17.6. The van der Waals surface area contributed by atoms with Crippen LogP contribution in [0.4, 0.5) is 4.79 Å². The lowest BCUT2D eigenvalue weighted by Crippen LogP contribution is -2.46. The van der Waals surface area contributed by atoms with Crippen molar-refractivity contribution >= 4 is 42.1 Å². The number of ether oxygens (including phenoxy) is 6. The molecule has 0 fully saturated rings. The average molecular weight is 946 g/mol. The highest BCUT2D eigenvalue weighted by Gasteiger charge is 2.36. The number of hydrogen-bond donors (Lipinski definition) is 3. The van der Waals surface area contributed by atoms with Crippen LogP contribution in [0.25, 0.3) is 17.7 Å². The molecule has 13 atom stereocenters. The van der Waals surface area contributed by atoms with Crippen LogP contribution in [-0.2, 0) is 47.6 Å². The van der Waals surface area contributed by atoms with Gasteiger partial charge in [0.2, 0.25) is 18.2 Å². The van der Waals surface area contributed by atoms with E-state index >= 15 is 0 Å². The van der Waals surface area contributed by atoms with E-state index < -0.39 is 84.4 Å². The van der Waals surface area contributed by atoms with Crippen LogP contribution in [-0.4, -0.2) is 134 Å². The zero-order valence-electron chi connectivity index (χ0n) is 40.6. The number of ketones is 1. The van der Waals surface area contributed by atoms with Crippen LogP contribution >= 0.6 is 0 Å². The summed E-state index contributed by atoms with van der Waals surface area (Å²) in [4.78, 5) is 86.8. The van der Waals surface area contributed by atoms with Gasteiger partial charge in [-0.15, -0.1) is 0 Å².